The number of hydrogen-bond acceptors (Lipinski definition) is 5. The Labute approximate surface area is 246 Å². The van der Waals surface area contributed by atoms with Crippen LogP contribution in [0.25, 0.3) is 0 Å². The van der Waals surface area contributed by atoms with E-state index >= 15 is 0 Å². The van der Waals surface area contributed by atoms with Gasteiger partial charge in [-0.1, -0.05) is 63.1 Å². The molecule has 6 heteroatoms. The van der Waals surface area contributed by atoms with E-state index < -0.39 is 0 Å². The lowest BCUT2D eigenvalue weighted by Crippen LogP contribution is -2.17. The highest BCUT2D eigenvalue weighted by molar-refractivity contribution is 6.03. The van der Waals surface area contributed by atoms with Crippen LogP contribution in [0.15, 0.2) is 60.2 Å². The van der Waals surface area contributed by atoms with Gasteiger partial charge < -0.3 is 22.5 Å². The predicted octanol–water partition coefficient (Wildman–Crippen LogP) is 7.98. The molecule has 0 saturated carbocycles. The molecule has 7 N–H and O–H groups in total. The lowest BCUT2D eigenvalue weighted by molar-refractivity contribution is -0.115. The molecule has 0 spiro atoms. The average Bonchev–Trinajstić information content (AvgIpc) is 3.80. The van der Waals surface area contributed by atoms with Crippen molar-refractivity contribution in [2.45, 2.75) is 72.4 Å². The number of ketones is 1. The monoisotopic (exact) mass is 559 g/mol. The van der Waals surface area contributed by atoms with Gasteiger partial charge in [-0.15, -0.1) is 0 Å². The zero-order chi connectivity index (χ0) is 28.8. The van der Waals surface area contributed by atoms with Crippen LogP contribution < -0.4 is 22.5 Å². The molecule has 3 aromatic carbocycles. The largest absolute Gasteiger partial charge is 0.397 e. The SMILES string of the molecule is CCC(CC)Cc1ccc(F)cc1CNCc1cc(C(CC(=O)C2=C[CH]2)c2ccc(NC)c(N)c2C)ccc1C.N.[HH]. The highest BCUT2D eigenvalue weighted by atomic mass is 19.1. The van der Waals surface area contributed by atoms with E-state index in [1.807, 2.05) is 38.6 Å². The standard InChI is InChI=1S/C35H43FN3O.H3N.H2/c1-6-24(7-2)16-26-12-13-30(36)18-29(26)21-39-20-28-17-27(9-8-22(28)3)32(19-34(40)25-10-11-25)31-14-15-33(38-5)35(37)23(31)4;;/h8-15,17-18,24,32,38-39H,6-7,16,19-21,37H2,1-5H3;1H3;1H. The first-order valence-corrected chi connectivity index (χ1v) is 14.5. The molecule has 41 heavy (non-hydrogen) atoms. The van der Waals surface area contributed by atoms with Gasteiger partial charge in [0.15, 0.2) is 5.78 Å². The van der Waals surface area contributed by atoms with Crippen molar-refractivity contribution in [1.82, 2.24) is 11.5 Å². The minimum atomic E-state index is -0.197. The normalized spacial score (nSPS) is 13.0. The summed E-state index contributed by atoms with van der Waals surface area (Å²) < 4.78 is 14.2. The lowest BCUT2D eigenvalue weighted by Gasteiger charge is -2.23. The van der Waals surface area contributed by atoms with Crippen molar-refractivity contribution in [1.29, 1.82) is 0 Å². The molecule has 221 valence electrons. The second-order valence-corrected chi connectivity index (χ2v) is 11.0. The minimum Gasteiger partial charge on any atom is -0.397 e. The summed E-state index contributed by atoms with van der Waals surface area (Å²) in [6.45, 7) is 9.83. The molecule has 3 aromatic rings. The summed E-state index contributed by atoms with van der Waals surface area (Å²) in [7, 11) is 1.86. The van der Waals surface area contributed by atoms with Gasteiger partial charge >= 0.3 is 0 Å². The molecule has 0 heterocycles. The topological polar surface area (TPSA) is 102 Å². The van der Waals surface area contributed by atoms with E-state index in [1.165, 1.54) is 16.7 Å². The Kier molecular flexibility index (Phi) is 11.3. The Balaban J connectivity index is 0.00000308. The number of rotatable bonds is 14. The van der Waals surface area contributed by atoms with Crippen LogP contribution in [-0.2, 0) is 24.3 Å². The van der Waals surface area contributed by atoms with Crippen LogP contribution in [0.1, 0.15) is 79.4 Å². The average molecular weight is 560 g/mol. The van der Waals surface area contributed by atoms with Crippen LogP contribution in [0.2, 0.25) is 0 Å². The molecule has 0 aliphatic heterocycles. The van der Waals surface area contributed by atoms with E-state index in [4.69, 9.17) is 5.73 Å². The summed E-state index contributed by atoms with van der Waals surface area (Å²) in [6, 6.07) is 15.7. The molecule has 1 aliphatic carbocycles. The molecule has 5 nitrogen and oxygen atoms in total. The van der Waals surface area contributed by atoms with Crippen LogP contribution >= 0.6 is 0 Å². The van der Waals surface area contributed by atoms with Crippen molar-refractivity contribution in [3.8, 4) is 0 Å². The maximum Gasteiger partial charge on any atom is 0.160 e. The summed E-state index contributed by atoms with van der Waals surface area (Å²) in [5.41, 5.74) is 16.6. The van der Waals surface area contributed by atoms with Crippen LogP contribution in [-0.4, -0.2) is 12.8 Å². The Hall–Kier alpha value is -3.48. The quantitative estimate of drug-likeness (QED) is 0.150. The fourth-order valence-electron chi connectivity index (χ4n) is 5.56. The van der Waals surface area contributed by atoms with Gasteiger partial charge in [-0.25, -0.2) is 4.39 Å². The fourth-order valence-corrected chi connectivity index (χ4v) is 5.56. The summed E-state index contributed by atoms with van der Waals surface area (Å²) in [6.07, 6.45) is 7.35. The first-order chi connectivity index (χ1) is 19.2. The first kappa shape index (κ1) is 32.0. The molecule has 1 aliphatic rings. The number of halogens is 1. The number of allylic oxidation sites excluding steroid dienone is 2. The van der Waals surface area contributed by atoms with E-state index in [1.54, 1.807) is 12.1 Å². The summed E-state index contributed by atoms with van der Waals surface area (Å²) in [5, 5.41) is 6.72. The maximum atomic E-state index is 14.2. The van der Waals surface area contributed by atoms with E-state index in [0.29, 0.717) is 31.1 Å². The van der Waals surface area contributed by atoms with Gasteiger partial charge in [-0.3, -0.25) is 4.79 Å². The molecule has 0 aromatic heterocycles. The molecule has 0 fully saturated rings. The molecule has 1 atom stereocenters. The number of anilines is 2. The molecular weight excluding hydrogens is 511 g/mol. The Morgan fingerprint density at radius 2 is 1.68 bits per heavy atom. The zero-order valence-electron chi connectivity index (χ0n) is 25.2. The van der Waals surface area contributed by atoms with Crippen LogP contribution in [0.3, 0.4) is 0 Å². The zero-order valence-corrected chi connectivity index (χ0v) is 25.2. The molecule has 1 unspecified atom stereocenters. The maximum absolute atomic E-state index is 14.2. The minimum absolute atomic E-state index is 0. The smallest absolute Gasteiger partial charge is 0.160 e. The van der Waals surface area contributed by atoms with Gasteiger partial charge in [0.1, 0.15) is 5.82 Å². The molecule has 0 bridgehead atoms. The second-order valence-electron chi connectivity index (χ2n) is 11.0. The third-order valence-corrected chi connectivity index (χ3v) is 8.48. The highest BCUT2D eigenvalue weighted by Crippen LogP contribution is 2.38. The number of carbonyl (C=O) groups excluding carboxylic acids is 1. The Bertz CT molecular complexity index is 1400. The fraction of sp³-hybridized carbons (Fsp3) is 0.371. The predicted molar refractivity (Wildman–Crippen MR) is 172 cm³/mol. The third kappa shape index (κ3) is 7.84. The number of nitrogens with two attached hydrogens (primary N) is 1. The molecule has 1 radical (unpaired) electrons. The lowest BCUT2D eigenvalue weighted by atomic mass is 9.82. The van der Waals surface area contributed by atoms with Crippen molar-refractivity contribution in [3.63, 3.8) is 0 Å². The summed E-state index contributed by atoms with van der Waals surface area (Å²) in [4.78, 5) is 13.0. The molecule has 0 saturated heterocycles. The number of Topliss-reactive ketones (excluding diaryl/α,β-unsaturated/α-hetero) is 1. The summed E-state index contributed by atoms with van der Waals surface area (Å²) >= 11 is 0. The number of nitrogens with one attached hydrogen (secondary N) is 2. The Morgan fingerprint density at radius 1 is 0.976 bits per heavy atom. The first-order valence-electron chi connectivity index (χ1n) is 14.5. The number of hydrogen-bond donors (Lipinski definition) is 4. The van der Waals surface area contributed by atoms with Crippen molar-refractivity contribution in [2.24, 2.45) is 5.92 Å². The summed E-state index contributed by atoms with van der Waals surface area (Å²) in [5.74, 6) is 0.450. The van der Waals surface area contributed by atoms with Gasteiger partial charge in [0.05, 0.1) is 11.4 Å². The van der Waals surface area contributed by atoms with Crippen LogP contribution in [0, 0.1) is 32.0 Å². The van der Waals surface area contributed by atoms with Gasteiger partial charge in [0, 0.05) is 40.3 Å². The van der Waals surface area contributed by atoms with Crippen LogP contribution in [0.5, 0.6) is 0 Å². The van der Waals surface area contributed by atoms with Gasteiger partial charge in [-0.2, -0.15) is 0 Å². The van der Waals surface area contributed by atoms with E-state index in [9.17, 15) is 9.18 Å². The van der Waals surface area contributed by atoms with Gasteiger partial charge in [-0.05, 0) is 88.9 Å². The Morgan fingerprint density at radius 3 is 2.34 bits per heavy atom. The molecule has 0 amide bonds. The second kappa shape index (κ2) is 14.4. The third-order valence-electron chi connectivity index (χ3n) is 8.48. The number of nitrogen functional groups attached to an aromatic ring is 1. The van der Waals surface area contributed by atoms with Gasteiger partial charge in [0.25, 0.3) is 0 Å². The van der Waals surface area contributed by atoms with E-state index in [2.05, 4.69) is 55.7 Å². The van der Waals surface area contributed by atoms with Crippen molar-refractivity contribution >= 4 is 17.2 Å². The molecular formula is C35H48FN4O. The number of aryl methyl sites for hydroxylation is 1. The number of carbonyl (C=O) groups is 1. The van der Waals surface area contributed by atoms with Crippen molar-refractivity contribution < 1.29 is 10.6 Å². The molecule has 4 rings (SSSR count). The van der Waals surface area contributed by atoms with E-state index in [0.717, 1.165) is 52.8 Å². The van der Waals surface area contributed by atoms with Gasteiger partial charge in [0.2, 0.25) is 0 Å². The highest BCUT2D eigenvalue weighted by Gasteiger charge is 2.26. The number of benzene rings is 3. The van der Waals surface area contributed by atoms with Crippen LogP contribution in [0.4, 0.5) is 15.8 Å². The van der Waals surface area contributed by atoms with Crippen molar-refractivity contribution in [3.05, 3.63) is 111 Å². The van der Waals surface area contributed by atoms with E-state index in [-0.39, 0.29) is 25.1 Å². The van der Waals surface area contributed by atoms with Crippen molar-refractivity contribution in [2.75, 3.05) is 18.1 Å².